The number of hydrogen-bond donors (Lipinski definition) is 2. The molecule has 0 saturated carbocycles. The van der Waals surface area contributed by atoms with E-state index in [1.807, 2.05) is 12.1 Å². The molecule has 0 spiro atoms. The molecule has 30 heavy (non-hydrogen) atoms. The number of thiophene rings is 1. The van der Waals surface area contributed by atoms with Crippen LogP contribution in [0.5, 0.6) is 0 Å². The normalized spacial score (nSPS) is 10.6. The maximum atomic E-state index is 12.9. The number of amides is 2. The van der Waals surface area contributed by atoms with Crippen molar-refractivity contribution in [2.45, 2.75) is 0 Å². The van der Waals surface area contributed by atoms with Crippen LogP contribution in [0.15, 0.2) is 65.0 Å². The molecule has 0 aliphatic heterocycles. The first-order valence-electron chi connectivity index (χ1n) is 8.92. The third-order valence-corrected chi connectivity index (χ3v) is 4.99. The smallest absolute Gasteiger partial charge is 0.337 e. The van der Waals surface area contributed by atoms with Crippen LogP contribution >= 0.6 is 11.3 Å². The van der Waals surface area contributed by atoms with E-state index >= 15 is 0 Å². The van der Waals surface area contributed by atoms with Crippen LogP contribution in [0.3, 0.4) is 0 Å². The molecule has 0 bridgehead atoms. The van der Waals surface area contributed by atoms with Crippen molar-refractivity contribution in [2.24, 2.45) is 4.99 Å². The largest absolute Gasteiger partial charge is 0.465 e. The van der Waals surface area contributed by atoms with Gasteiger partial charge in [0.05, 0.1) is 28.8 Å². The zero-order chi connectivity index (χ0) is 21.5. The Hall–Kier alpha value is -3.78. The van der Waals surface area contributed by atoms with E-state index in [0.29, 0.717) is 10.6 Å². The molecule has 0 atom stereocenters. The molecule has 152 valence electrons. The fraction of sp³-hybridized carbons (Fsp3) is 0.0909. The molecule has 3 rings (SSSR count). The van der Waals surface area contributed by atoms with Gasteiger partial charge in [0.25, 0.3) is 11.8 Å². The highest BCUT2D eigenvalue weighted by molar-refractivity contribution is 7.12. The highest BCUT2D eigenvalue weighted by Gasteiger charge is 2.18. The van der Waals surface area contributed by atoms with E-state index in [9.17, 15) is 14.4 Å². The second-order valence-corrected chi connectivity index (χ2v) is 7.09. The minimum absolute atomic E-state index is 0.141. The van der Waals surface area contributed by atoms with Crippen molar-refractivity contribution in [3.05, 3.63) is 81.5 Å². The molecule has 7 nitrogen and oxygen atoms in total. The molecule has 2 N–H and O–H groups in total. The second-order valence-electron chi connectivity index (χ2n) is 6.15. The van der Waals surface area contributed by atoms with Crippen molar-refractivity contribution in [3.8, 4) is 0 Å². The van der Waals surface area contributed by atoms with Crippen LogP contribution in [-0.4, -0.2) is 38.2 Å². The Balaban J connectivity index is 1.89. The minimum Gasteiger partial charge on any atom is -0.465 e. The molecule has 0 aliphatic carbocycles. The van der Waals surface area contributed by atoms with E-state index < -0.39 is 11.9 Å². The Bertz CT molecular complexity index is 1090. The van der Waals surface area contributed by atoms with Gasteiger partial charge in [0.2, 0.25) is 0 Å². The number of methoxy groups -OCH3 is 1. The maximum Gasteiger partial charge on any atom is 0.337 e. The first-order chi connectivity index (χ1) is 14.5. The van der Waals surface area contributed by atoms with Crippen LogP contribution < -0.4 is 10.6 Å². The number of aliphatic imine (C=N–C) groups is 1. The molecule has 8 heteroatoms. The number of benzene rings is 2. The second kappa shape index (κ2) is 9.62. The lowest BCUT2D eigenvalue weighted by atomic mass is 10.1. The van der Waals surface area contributed by atoms with Crippen molar-refractivity contribution in [1.29, 1.82) is 0 Å². The predicted molar refractivity (Wildman–Crippen MR) is 118 cm³/mol. The predicted octanol–water partition coefficient (Wildman–Crippen LogP) is 4.09. The maximum absolute atomic E-state index is 12.9. The first-order valence-corrected chi connectivity index (χ1v) is 9.80. The van der Waals surface area contributed by atoms with Gasteiger partial charge in [-0.3, -0.25) is 14.6 Å². The van der Waals surface area contributed by atoms with Gasteiger partial charge in [0, 0.05) is 18.9 Å². The van der Waals surface area contributed by atoms with Crippen LogP contribution in [0.2, 0.25) is 0 Å². The molecular formula is C22H19N3O4S. The van der Waals surface area contributed by atoms with Gasteiger partial charge in [-0.1, -0.05) is 18.2 Å². The first kappa shape index (κ1) is 20.9. The Labute approximate surface area is 177 Å². The third kappa shape index (κ3) is 4.98. The molecular weight excluding hydrogens is 402 g/mol. The molecule has 0 aliphatic rings. The Kier molecular flexibility index (Phi) is 6.71. The van der Waals surface area contributed by atoms with Gasteiger partial charge in [0.1, 0.15) is 0 Å². The zero-order valence-corrected chi connectivity index (χ0v) is 17.2. The summed E-state index contributed by atoms with van der Waals surface area (Å²) in [5.41, 5.74) is 2.08. The fourth-order valence-corrected chi connectivity index (χ4v) is 3.30. The van der Waals surface area contributed by atoms with Crippen LogP contribution in [0.4, 0.5) is 11.4 Å². The number of hydrogen-bond acceptors (Lipinski definition) is 6. The summed E-state index contributed by atoms with van der Waals surface area (Å²) in [7, 11) is 2.94. The summed E-state index contributed by atoms with van der Waals surface area (Å²) in [5.74, 6) is -1.39. The van der Waals surface area contributed by atoms with Crippen molar-refractivity contribution in [1.82, 2.24) is 0 Å². The average molecular weight is 421 g/mol. The van der Waals surface area contributed by atoms with Crippen LogP contribution in [0, 0.1) is 0 Å². The lowest BCUT2D eigenvalue weighted by Crippen LogP contribution is -2.19. The molecule has 0 radical (unpaired) electrons. The highest BCUT2D eigenvalue weighted by Crippen LogP contribution is 2.22. The Morgan fingerprint density at radius 1 is 1.00 bits per heavy atom. The van der Waals surface area contributed by atoms with Gasteiger partial charge >= 0.3 is 5.97 Å². The number of carbonyl (C=O) groups is 3. The van der Waals surface area contributed by atoms with Crippen molar-refractivity contribution in [3.63, 3.8) is 0 Å². The van der Waals surface area contributed by atoms with E-state index in [1.54, 1.807) is 42.9 Å². The third-order valence-electron chi connectivity index (χ3n) is 4.13. The summed E-state index contributed by atoms with van der Waals surface area (Å²) in [5, 5.41) is 7.29. The summed E-state index contributed by atoms with van der Waals surface area (Å²) >= 11 is 1.29. The number of esters is 1. The molecule has 1 aromatic heterocycles. The standard InChI is InChI=1S/C22H19N3O4S/c1-23-13-14-5-8-16(9-6-14)24-20(26)17-12-15(22(28)29-2)7-10-18(17)25-21(27)19-4-3-11-30-19/h3-13H,1-2H3,(H,24,26)(H,25,27). The summed E-state index contributed by atoms with van der Waals surface area (Å²) in [6.45, 7) is 0. The monoisotopic (exact) mass is 421 g/mol. The van der Waals surface area contributed by atoms with Crippen molar-refractivity contribution in [2.75, 3.05) is 24.8 Å². The number of nitrogens with one attached hydrogen (secondary N) is 2. The highest BCUT2D eigenvalue weighted by atomic mass is 32.1. The summed E-state index contributed by atoms with van der Waals surface area (Å²) in [6.07, 6.45) is 1.70. The Morgan fingerprint density at radius 3 is 2.40 bits per heavy atom. The van der Waals surface area contributed by atoms with E-state index in [1.165, 1.54) is 36.6 Å². The lowest BCUT2D eigenvalue weighted by molar-refractivity contribution is 0.0600. The fourth-order valence-electron chi connectivity index (χ4n) is 2.68. The number of ether oxygens (including phenoxy) is 1. The number of carbonyl (C=O) groups excluding carboxylic acids is 3. The topological polar surface area (TPSA) is 96.9 Å². The molecule has 1 heterocycles. The number of anilines is 2. The minimum atomic E-state index is -0.580. The van der Waals surface area contributed by atoms with Gasteiger partial charge in [0.15, 0.2) is 0 Å². The molecule has 0 saturated heterocycles. The van der Waals surface area contributed by atoms with Crippen molar-refractivity contribution >= 4 is 46.7 Å². The summed E-state index contributed by atoms with van der Waals surface area (Å²) < 4.78 is 4.74. The Morgan fingerprint density at radius 2 is 1.77 bits per heavy atom. The lowest BCUT2D eigenvalue weighted by Gasteiger charge is -2.13. The SMILES string of the molecule is CN=Cc1ccc(NC(=O)c2cc(C(=O)OC)ccc2NC(=O)c2cccs2)cc1. The quantitative estimate of drug-likeness (QED) is 0.463. The van der Waals surface area contributed by atoms with E-state index in [-0.39, 0.29) is 22.7 Å². The van der Waals surface area contributed by atoms with E-state index in [2.05, 4.69) is 15.6 Å². The molecule has 3 aromatic rings. The van der Waals surface area contributed by atoms with Crippen molar-refractivity contribution < 1.29 is 19.1 Å². The van der Waals surface area contributed by atoms with Gasteiger partial charge in [-0.2, -0.15) is 0 Å². The molecule has 0 unspecified atom stereocenters. The average Bonchev–Trinajstić information content (AvgIpc) is 3.30. The van der Waals surface area contributed by atoms with E-state index in [4.69, 9.17) is 4.74 Å². The van der Waals surface area contributed by atoms with Gasteiger partial charge in [-0.15, -0.1) is 11.3 Å². The summed E-state index contributed by atoms with van der Waals surface area (Å²) in [4.78, 5) is 41.7. The van der Waals surface area contributed by atoms with Crippen LogP contribution in [-0.2, 0) is 4.74 Å². The van der Waals surface area contributed by atoms with Gasteiger partial charge in [-0.05, 0) is 47.3 Å². The molecule has 2 aromatic carbocycles. The summed E-state index contributed by atoms with van der Waals surface area (Å²) in [6, 6.07) is 14.9. The molecule has 0 fully saturated rings. The van der Waals surface area contributed by atoms with Crippen LogP contribution in [0.1, 0.15) is 36.0 Å². The van der Waals surface area contributed by atoms with Crippen LogP contribution in [0.25, 0.3) is 0 Å². The zero-order valence-electron chi connectivity index (χ0n) is 16.3. The number of nitrogens with zero attached hydrogens (tertiary/aromatic N) is 1. The van der Waals surface area contributed by atoms with Gasteiger partial charge in [-0.25, -0.2) is 4.79 Å². The molecule has 2 amide bonds. The number of rotatable bonds is 6. The van der Waals surface area contributed by atoms with E-state index in [0.717, 1.165) is 5.56 Å². The van der Waals surface area contributed by atoms with Gasteiger partial charge < -0.3 is 15.4 Å².